The van der Waals surface area contributed by atoms with Crippen LogP contribution in [0.2, 0.25) is 10.0 Å². The van der Waals surface area contributed by atoms with Gasteiger partial charge in [-0.25, -0.2) is 0 Å². The first-order chi connectivity index (χ1) is 9.13. The van der Waals surface area contributed by atoms with E-state index < -0.39 is 6.10 Å². The molecule has 1 aromatic rings. The molecule has 2 N–H and O–H groups in total. The standard InChI is InChI=1S/C14H17Cl2NOS/c1-17-7-11(14(18)10-4-5-19-8-10)9-2-3-12(15)13(16)6-9/h2-4,6,11,14,17-18H,5,7-8H2,1H3/t11-,14-/m0/s1. The summed E-state index contributed by atoms with van der Waals surface area (Å²) in [5.74, 6) is 1.88. The molecule has 0 saturated heterocycles. The van der Waals surface area contributed by atoms with Crippen molar-refractivity contribution in [3.8, 4) is 0 Å². The molecule has 0 radical (unpaired) electrons. The Hall–Kier alpha value is -0.190. The van der Waals surface area contributed by atoms with Gasteiger partial charge in [-0.15, -0.1) is 0 Å². The van der Waals surface area contributed by atoms with E-state index in [-0.39, 0.29) is 5.92 Å². The Morgan fingerprint density at radius 3 is 2.74 bits per heavy atom. The molecule has 0 bridgehead atoms. The van der Waals surface area contributed by atoms with Crippen LogP contribution in [-0.4, -0.2) is 36.3 Å². The molecule has 1 aliphatic heterocycles. The van der Waals surface area contributed by atoms with E-state index in [0.717, 1.165) is 22.6 Å². The molecule has 19 heavy (non-hydrogen) atoms. The van der Waals surface area contributed by atoms with Crippen molar-refractivity contribution in [2.75, 3.05) is 25.1 Å². The van der Waals surface area contributed by atoms with Gasteiger partial charge in [0, 0.05) is 24.0 Å². The van der Waals surface area contributed by atoms with E-state index in [2.05, 4.69) is 11.4 Å². The second-order valence-electron chi connectivity index (χ2n) is 4.58. The fraction of sp³-hybridized carbons (Fsp3) is 0.429. The number of rotatable bonds is 5. The summed E-state index contributed by atoms with van der Waals surface area (Å²) in [5.41, 5.74) is 2.12. The lowest BCUT2D eigenvalue weighted by atomic mass is 9.89. The molecule has 2 rings (SSSR count). The third-order valence-electron chi connectivity index (χ3n) is 3.29. The molecule has 5 heteroatoms. The van der Waals surface area contributed by atoms with E-state index in [4.69, 9.17) is 23.2 Å². The predicted molar refractivity (Wildman–Crippen MR) is 84.5 cm³/mol. The average molecular weight is 318 g/mol. The van der Waals surface area contributed by atoms with E-state index in [1.807, 2.05) is 30.9 Å². The van der Waals surface area contributed by atoms with E-state index in [9.17, 15) is 5.11 Å². The lowest BCUT2D eigenvalue weighted by molar-refractivity contribution is 0.178. The Morgan fingerprint density at radius 1 is 1.37 bits per heavy atom. The number of benzene rings is 1. The fourth-order valence-electron chi connectivity index (χ4n) is 2.24. The zero-order chi connectivity index (χ0) is 13.8. The van der Waals surface area contributed by atoms with Gasteiger partial charge in [0.2, 0.25) is 0 Å². The highest BCUT2D eigenvalue weighted by Crippen LogP contribution is 2.32. The maximum absolute atomic E-state index is 10.6. The highest BCUT2D eigenvalue weighted by Gasteiger charge is 2.25. The van der Waals surface area contributed by atoms with Crippen LogP contribution in [-0.2, 0) is 0 Å². The zero-order valence-electron chi connectivity index (χ0n) is 10.7. The van der Waals surface area contributed by atoms with Crippen molar-refractivity contribution in [3.05, 3.63) is 45.5 Å². The van der Waals surface area contributed by atoms with Crippen LogP contribution in [0.15, 0.2) is 29.8 Å². The lowest BCUT2D eigenvalue weighted by Gasteiger charge is -2.24. The first-order valence-corrected chi connectivity index (χ1v) is 8.09. The number of halogens is 2. The smallest absolute Gasteiger partial charge is 0.0839 e. The van der Waals surface area contributed by atoms with Gasteiger partial charge in [0.25, 0.3) is 0 Å². The number of hydrogen-bond donors (Lipinski definition) is 2. The number of likely N-dealkylation sites (N-methyl/N-ethyl adjacent to an activating group) is 1. The van der Waals surface area contributed by atoms with Gasteiger partial charge in [-0.1, -0.05) is 35.3 Å². The van der Waals surface area contributed by atoms with E-state index in [0.29, 0.717) is 16.6 Å². The molecule has 1 aliphatic rings. The Labute approximate surface area is 128 Å². The minimum atomic E-state index is -0.473. The Kier molecular flexibility index (Phi) is 5.60. The minimum Gasteiger partial charge on any atom is -0.388 e. The van der Waals surface area contributed by atoms with Crippen LogP contribution in [0.4, 0.5) is 0 Å². The molecule has 0 aliphatic carbocycles. The summed E-state index contributed by atoms with van der Waals surface area (Å²) < 4.78 is 0. The average Bonchev–Trinajstić information content (AvgIpc) is 2.92. The molecular weight excluding hydrogens is 301 g/mol. The molecule has 1 heterocycles. The van der Waals surface area contributed by atoms with Gasteiger partial charge in [-0.2, -0.15) is 11.8 Å². The summed E-state index contributed by atoms with van der Waals surface area (Å²) in [6, 6.07) is 5.56. The van der Waals surface area contributed by atoms with Crippen molar-refractivity contribution < 1.29 is 5.11 Å². The molecule has 0 unspecified atom stereocenters. The topological polar surface area (TPSA) is 32.3 Å². The van der Waals surface area contributed by atoms with Gasteiger partial charge in [0.15, 0.2) is 0 Å². The van der Waals surface area contributed by atoms with Crippen molar-refractivity contribution in [2.24, 2.45) is 0 Å². The van der Waals surface area contributed by atoms with Crippen molar-refractivity contribution in [1.29, 1.82) is 0 Å². The third-order valence-corrected chi connectivity index (χ3v) is 4.97. The van der Waals surface area contributed by atoms with Gasteiger partial charge in [-0.3, -0.25) is 0 Å². The second-order valence-corrected chi connectivity index (χ2v) is 6.42. The van der Waals surface area contributed by atoms with Crippen LogP contribution in [0.1, 0.15) is 11.5 Å². The fourth-order valence-corrected chi connectivity index (χ4v) is 3.52. The molecule has 0 fully saturated rings. The maximum Gasteiger partial charge on any atom is 0.0839 e. The summed E-state index contributed by atoms with van der Waals surface area (Å²) >= 11 is 13.8. The molecule has 2 atom stereocenters. The summed E-state index contributed by atoms with van der Waals surface area (Å²) in [7, 11) is 1.88. The van der Waals surface area contributed by atoms with Crippen LogP contribution >= 0.6 is 35.0 Å². The molecule has 104 valence electrons. The number of hydrogen-bond acceptors (Lipinski definition) is 3. The second kappa shape index (κ2) is 7.00. The first-order valence-electron chi connectivity index (χ1n) is 6.17. The Morgan fingerprint density at radius 2 is 2.16 bits per heavy atom. The zero-order valence-corrected chi connectivity index (χ0v) is 13.0. The van der Waals surface area contributed by atoms with Crippen LogP contribution in [0.25, 0.3) is 0 Å². The Balaban J connectivity index is 2.25. The quantitative estimate of drug-likeness (QED) is 0.817. The largest absolute Gasteiger partial charge is 0.388 e. The van der Waals surface area contributed by atoms with Crippen LogP contribution in [0, 0.1) is 0 Å². The van der Waals surface area contributed by atoms with E-state index in [1.54, 1.807) is 6.07 Å². The van der Waals surface area contributed by atoms with Gasteiger partial charge < -0.3 is 10.4 Å². The monoisotopic (exact) mass is 317 g/mol. The van der Waals surface area contributed by atoms with E-state index in [1.165, 1.54) is 0 Å². The lowest BCUT2D eigenvalue weighted by Crippen LogP contribution is -2.29. The molecule has 2 nitrogen and oxygen atoms in total. The van der Waals surface area contributed by atoms with Crippen LogP contribution in [0.3, 0.4) is 0 Å². The third kappa shape index (κ3) is 3.67. The number of aliphatic hydroxyl groups is 1. The summed E-state index contributed by atoms with van der Waals surface area (Å²) in [4.78, 5) is 0. The van der Waals surface area contributed by atoms with Gasteiger partial charge in [0.1, 0.15) is 0 Å². The number of thioether (sulfide) groups is 1. The van der Waals surface area contributed by atoms with Crippen molar-refractivity contribution in [2.45, 2.75) is 12.0 Å². The summed E-state index contributed by atoms with van der Waals surface area (Å²) in [6.45, 7) is 0.696. The highest BCUT2D eigenvalue weighted by molar-refractivity contribution is 7.99. The van der Waals surface area contributed by atoms with Crippen molar-refractivity contribution in [1.82, 2.24) is 5.32 Å². The summed E-state index contributed by atoms with van der Waals surface area (Å²) in [6.07, 6.45) is 1.65. The SMILES string of the molecule is CNC[C@@H](c1ccc(Cl)c(Cl)c1)[C@@H](O)C1=CCSC1. The molecule has 0 aromatic heterocycles. The van der Waals surface area contributed by atoms with Gasteiger partial charge >= 0.3 is 0 Å². The van der Waals surface area contributed by atoms with Crippen LogP contribution < -0.4 is 5.32 Å². The minimum absolute atomic E-state index is 0.00952. The number of nitrogens with one attached hydrogen (secondary N) is 1. The summed E-state index contributed by atoms with van der Waals surface area (Å²) in [5, 5.41) is 14.8. The van der Waals surface area contributed by atoms with Gasteiger partial charge in [0.05, 0.1) is 16.1 Å². The van der Waals surface area contributed by atoms with E-state index >= 15 is 0 Å². The normalized spacial score (nSPS) is 18.2. The molecule has 1 aromatic carbocycles. The Bertz CT molecular complexity index is 479. The molecule has 0 spiro atoms. The predicted octanol–water partition coefficient (Wildman–Crippen LogP) is 3.33. The number of aliphatic hydroxyl groups excluding tert-OH is 1. The maximum atomic E-state index is 10.6. The molecule has 0 saturated carbocycles. The highest BCUT2D eigenvalue weighted by atomic mass is 35.5. The van der Waals surface area contributed by atoms with Gasteiger partial charge in [-0.05, 0) is 30.3 Å². The molecule has 0 amide bonds. The van der Waals surface area contributed by atoms with Crippen molar-refractivity contribution >= 4 is 35.0 Å². The van der Waals surface area contributed by atoms with Crippen molar-refractivity contribution in [3.63, 3.8) is 0 Å². The molecular formula is C14H17Cl2NOS. The first kappa shape index (κ1) is 15.2. The van der Waals surface area contributed by atoms with Crippen LogP contribution in [0.5, 0.6) is 0 Å².